The molecule has 0 aromatic heterocycles. The topological polar surface area (TPSA) is 38.8 Å². The molecular formula is C15H17F4NO3. The van der Waals surface area contributed by atoms with Crippen LogP contribution >= 0.6 is 0 Å². The number of hydrogen-bond acceptors (Lipinski definition) is 3. The van der Waals surface area contributed by atoms with Crippen molar-refractivity contribution in [3.8, 4) is 5.75 Å². The minimum Gasteiger partial charge on any atom is -0.427 e. The Morgan fingerprint density at radius 2 is 2.13 bits per heavy atom. The molecule has 1 amide bonds. The molecule has 0 radical (unpaired) electrons. The maximum atomic E-state index is 13.1. The van der Waals surface area contributed by atoms with Crippen molar-refractivity contribution < 1.29 is 31.8 Å². The SMILES string of the molecule is CC[C@H]1COCCN1C(=O)c1ccccc1OC(F)(F)C(F)F. The Morgan fingerprint density at radius 3 is 2.78 bits per heavy atom. The minimum absolute atomic E-state index is 0.173. The van der Waals surface area contributed by atoms with Crippen molar-refractivity contribution in [3.63, 3.8) is 0 Å². The predicted octanol–water partition coefficient (Wildman–Crippen LogP) is 3.17. The Labute approximate surface area is 131 Å². The Morgan fingerprint density at radius 1 is 1.43 bits per heavy atom. The number of para-hydroxylation sites is 1. The van der Waals surface area contributed by atoms with E-state index in [1.54, 1.807) is 0 Å². The van der Waals surface area contributed by atoms with Gasteiger partial charge in [0.05, 0.1) is 24.8 Å². The first-order valence-electron chi connectivity index (χ1n) is 7.19. The summed E-state index contributed by atoms with van der Waals surface area (Å²) >= 11 is 0. The smallest absolute Gasteiger partial charge is 0.427 e. The number of rotatable bonds is 5. The minimum atomic E-state index is -4.66. The molecule has 23 heavy (non-hydrogen) atoms. The van der Waals surface area contributed by atoms with Crippen LogP contribution in [0.1, 0.15) is 23.7 Å². The van der Waals surface area contributed by atoms with Crippen LogP contribution in [0.5, 0.6) is 5.75 Å². The fraction of sp³-hybridized carbons (Fsp3) is 0.533. The van der Waals surface area contributed by atoms with Gasteiger partial charge in [-0.1, -0.05) is 19.1 Å². The third-order valence-corrected chi connectivity index (χ3v) is 3.58. The van der Waals surface area contributed by atoms with Gasteiger partial charge in [-0.3, -0.25) is 4.79 Å². The Hall–Kier alpha value is -1.83. The second-order valence-corrected chi connectivity index (χ2v) is 5.10. The summed E-state index contributed by atoms with van der Waals surface area (Å²) in [6.07, 6.45) is -8.02. The molecule has 0 unspecified atom stereocenters. The molecule has 1 aliphatic heterocycles. The van der Waals surface area contributed by atoms with E-state index in [9.17, 15) is 22.4 Å². The van der Waals surface area contributed by atoms with Crippen molar-refractivity contribution in [2.75, 3.05) is 19.8 Å². The third kappa shape index (κ3) is 3.93. The molecular weight excluding hydrogens is 318 g/mol. The van der Waals surface area contributed by atoms with Crippen molar-refractivity contribution in [3.05, 3.63) is 29.8 Å². The lowest BCUT2D eigenvalue weighted by atomic mass is 10.1. The first kappa shape index (κ1) is 17.5. The number of halogens is 4. The zero-order valence-electron chi connectivity index (χ0n) is 12.5. The largest absolute Gasteiger partial charge is 0.461 e. The molecule has 1 aromatic carbocycles. The van der Waals surface area contributed by atoms with Gasteiger partial charge in [0.2, 0.25) is 0 Å². The van der Waals surface area contributed by atoms with Crippen molar-refractivity contribution in [1.82, 2.24) is 4.90 Å². The molecule has 1 heterocycles. The van der Waals surface area contributed by atoms with Gasteiger partial charge in [0.1, 0.15) is 5.75 Å². The fourth-order valence-electron chi connectivity index (χ4n) is 2.34. The van der Waals surface area contributed by atoms with Crippen molar-refractivity contribution in [2.45, 2.75) is 31.9 Å². The van der Waals surface area contributed by atoms with Gasteiger partial charge in [-0.15, -0.1) is 0 Å². The third-order valence-electron chi connectivity index (χ3n) is 3.58. The molecule has 0 N–H and O–H groups in total. The summed E-state index contributed by atoms with van der Waals surface area (Å²) in [5.74, 6) is -1.11. The first-order valence-corrected chi connectivity index (χ1v) is 7.19. The first-order chi connectivity index (χ1) is 10.9. The average molecular weight is 335 g/mol. The van der Waals surface area contributed by atoms with Crippen LogP contribution in [-0.4, -0.2) is 49.1 Å². The molecule has 0 spiro atoms. The zero-order chi connectivity index (χ0) is 17.0. The summed E-state index contributed by atoms with van der Waals surface area (Å²) in [6, 6.07) is 4.96. The summed E-state index contributed by atoms with van der Waals surface area (Å²) in [7, 11) is 0. The fourth-order valence-corrected chi connectivity index (χ4v) is 2.34. The van der Waals surface area contributed by atoms with Crippen LogP contribution in [0, 0.1) is 0 Å². The molecule has 1 saturated heterocycles. The Balaban J connectivity index is 2.27. The number of nitrogens with zero attached hydrogens (tertiary/aromatic N) is 1. The lowest BCUT2D eigenvalue weighted by molar-refractivity contribution is -0.253. The maximum absolute atomic E-state index is 13.1. The van der Waals surface area contributed by atoms with Crippen LogP contribution < -0.4 is 4.74 Å². The average Bonchev–Trinajstić information content (AvgIpc) is 2.54. The number of carbonyl (C=O) groups excluding carboxylic acids is 1. The van der Waals surface area contributed by atoms with Crippen molar-refractivity contribution >= 4 is 5.91 Å². The van der Waals surface area contributed by atoms with Crippen LogP contribution in [0.25, 0.3) is 0 Å². The van der Waals surface area contributed by atoms with Gasteiger partial charge in [-0.05, 0) is 18.6 Å². The molecule has 8 heteroatoms. The summed E-state index contributed by atoms with van der Waals surface area (Å²) in [4.78, 5) is 14.1. The maximum Gasteiger partial charge on any atom is 0.461 e. The van der Waals surface area contributed by atoms with Gasteiger partial charge >= 0.3 is 12.5 Å². The molecule has 0 bridgehead atoms. The van der Waals surface area contributed by atoms with E-state index >= 15 is 0 Å². The van der Waals surface area contributed by atoms with E-state index < -0.39 is 24.2 Å². The molecule has 1 atom stereocenters. The van der Waals surface area contributed by atoms with Crippen LogP contribution in [0.2, 0.25) is 0 Å². The second kappa shape index (κ2) is 7.16. The summed E-state index contributed by atoms with van der Waals surface area (Å²) < 4.78 is 60.3. The highest BCUT2D eigenvalue weighted by Gasteiger charge is 2.44. The highest BCUT2D eigenvalue weighted by Crippen LogP contribution is 2.31. The van der Waals surface area contributed by atoms with Gasteiger partial charge in [0.25, 0.3) is 5.91 Å². The van der Waals surface area contributed by atoms with Gasteiger partial charge in [-0.2, -0.15) is 17.6 Å². The van der Waals surface area contributed by atoms with E-state index in [1.165, 1.54) is 23.1 Å². The second-order valence-electron chi connectivity index (χ2n) is 5.10. The van der Waals surface area contributed by atoms with Gasteiger partial charge < -0.3 is 14.4 Å². The highest BCUT2D eigenvalue weighted by molar-refractivity contribution is 5.97. The molecule has 1 fully saturated rings. The van der Waals surface area contributed by atoms with Crippen LogP contribution in [-0.2, 0) is 4.74 Å². The number of hydrogen-bond donors (Lipinski definition) is 0. The molecule has 0 saturated carbocycles. The monoisotopic (exact) mass is 335 g/mol. The summed E-state index contributed by atoms with van der Waals surface area (Å²) in [5.41, 5.74) is -0.173. The predicted molar refractivity (Wildman–Crippen MR) is 74.0 cm³/mol. The molecule has 1 aromatic rings. The summed E-state index contributed by atoms with van der Waals surface area (Å²) in [5, 5.41) is 0. The number of benzene rings is 1. The highest BCUT2D eigenvalue weighted by atomic mass is 19.3. The van der Waals surface area contributed by atoms with Gasteiger partial charge in [0.15, 0.2) is 0 Å². The number of amides is 1. The molecule has 2 rings (SSSR count). The van der Waals surface area contributed by atoms with E-state index in [1.807, 2.05) is 6.92 Å². The standard InChI is InChI=1S/C15H17F4NO3/c1-2-10-9-22-8-7-20(10)13(21)11-5-3-4-6-12(11)23-15(18,19)14(16)17/h3-6,10,14H,2,7-9H2,1H3/t10-/m0/s1. The van der Waals surface area contributed by atoms with Crippen molar-refractivity contribution in [2.24, 2.45) is 0 Å². The van der Waals surface area contributed by atoms with Crippen LogP contribution in [0.3, 0.4) is 0 Å². The number of ether oxygens (including phenoxy) is 2. The van der Waals surface area contributed by atoms with Crippen molar-refractivity contribution in [1.29, 1.82) is 0 Å². The summed E-state index contributed by atoms with van der Waals surface area (Å²) in [6.45, 7) is 2.85. The van der Waals surface area contributed by atoms with Crippen LogP contribution in [0.4, 0.5) is 17.6 Å². The van der Waals surface area contributed by atoms with Gasteiger partial charge in [-0.25, -0.2) is 0 Å². The van der Waals surface area contributed by atoms with E-state index in [0.717, 1.165) is 6.07 Å². The number of alkyl halides is 4. The zero-order valence-corrected chi connectivity index (χ0v) is 12.5. The Bertz CT molecular complexity index is 553. The molecule has 1 aliphatic rings. The Kier molecular flexibility index (Phi) is 5.46. The number of morpholine rings is 1. The van der Waals surface area contributed by atoms with Crippen LogP contribution in [0.15, 0.2) is 24.3 Å². The normalized spacial score (nSPS) is 19.0. The molecule has 128 valence electrons. The lowest BCUT2D eigenvalue weighted by Gasteiger charge is -2.35. The van der Waals surface area contributed by atoms with E-state index in [4.69, 9.17) is 4.74 Å². The quantitative estimate of drug-likeness (QED) is 0.776. The number of carbonyl (C=O) groups is 1. The molecule has 4 nitrogen and oxygen atoms in total. The van der Waals surface area contributed by atoms with E-state index in [-0.39, 0.29) is 11.6 Å². The lowest BCUT2D eigenvalue weighted by Crippen LogP contribution is -2.48. The molecule has 0 aliphatic carbocycles. The van der Waals surface area contributed by atoms with Gasteiger partial charge in [0, 0.05) is 6.54 Å². The van der Waals surface area contributed by atoms with E-state index in [2.05, 4.69) is 4.74 Å². The van der Waals surface area contributed by atoms with E-state index in [0.29, 0.717) is 26.2 Å².